The molecule has 0 aliphatic heterocycles. The van der Waals surface area contributed by atoms with Crippen molar-refractivity contribution in [2.24, 2.45) is 5.92 Å². The Balaban J connectivity index is 2.31. The van der Waals surface area contributed by atoms with Crippen LogP contribution in [0.1, 0.15) is 13.3 Å². The van der Waals surface area contributed by atoms with Crippen LogP contribution in [0.4, 0.5) is 0 Å². The standard InChI is InChI=1S/C13H16/c1-2-3-4-5-7-10-13-11-8-6-9-12-13/h2-11,13H,12H2,1H3/b3-2-,5-4-,10-7-. The molecule has 0 N–H and O–H groups in total. The molecule has 1 rings (SSSR count). The van der Waals surface area contributed by atoms with Gasteiger partial charge in [-0.15, -0.1) is 0 Å². The van der Waals surface area contributed by atoms with Gasteiger partial charge in [0.1, 0.15) is 0 Å². The Kier molecular flexibility index (Phi) is 4.70. The first kappa shape index (κ1) is 9.79. The summed E-state index contributed by atoms with van der Waals surface area (Å²) in [5.41, 5.74) is 0. The van der Waals surface area contributed by atoms with Gasteiger partial charge in [-0.1, -0.05) is 60.8 Å². The molecule has 68 valence electrons. The Morgan fingerprint density at radius 2 is 1.92 bits per heavy atom. The van der Waals surface area contributed by atoms with E-state index in [1.54, 1.807) is 0 Å². The van der Waals surface area contributed by atoms with Gasteiger partial charge >= 0.3 is 0 Å². The highest BCUT2D eigenvalue weighted by Gasteiger charge is 1.97. The first-order chi connectivity index (χ1) is 6.43. The third-order valence-corrected chi connectivity index (χ3v) is 1.90. The molecule has 1 aliphatic carbocycles. The molecule has 1 aliphatic rings. The summed E-state index contributed by atoms with van der Waals surface area (Å²) in [6, 6.07) is 0. The largest absolute Gasteiger partial charge is 0.0877 e. The third kappa shape index (κ3) is 4.32. The Hall–Kier alpha value is -1.30. The summed E-state index contributed by atoms with van der Waals surface area (Å²) in [6.45, 7) is 2.02. The van der Waals surface area contributed by atoms with Crippen molar-refractivity contribution in [3.05, 3.63) is 60.8 Å². The predicted molar refractivity (Wildman–Crippen MR) is 59.5 cm³/mol. The van der Waals surface area contributed by atoms with E-state index in [0.717, 1.165) is 6.42 Å². The molecule has 0 aromatic heterocycles. The Labute approximate surface area is 80.7 Å². The maximum atomic E-state index is 2.22. The van der Waals surface area contributed by atoms with Crippen molar-refractivity contribution < 1.29 is 0 Å². The summed E-state index contributed by atoms with van der Waals surface area (Å²) < 4.78 is 0. The summed E-state index contributed by atoms with van der Waals surface area (Å²) >= 11 is 0. The molecule has 0 radical (unpaired) electrons. The fraction of sp³-hybridized carbons (Fsp3) is 0.231. The minimum atomic E-state index is 0.584. The Morgan fingerprint density at radius 1 is 1.08 bits per heavy atom. The summed E-state index contributed by atoms with van der Waals surface area (Å²) in [6.07, 6.45) is 22.2. The van der Waals surface area contributed by atoms with Crippen LogP contribution >= 0.6 is 0 Å². The molecule has 0 aromatic rings. The van der Waals surface area contributed by atoms with Crippen molar-refractivity contribution >= 4 is 0 Å². The normalized spacial score (nSPS) is 22.7. The smallest absolute Gasteiger partial charge is 0.00126 e. The molecule has 0 bridgehead atoms. The molecule has 0 nitrogen and oxygen atoms in total. The van der Waals surface area contributed by atoms with Gasteiger partial charge in [0.05, 0.1) is 0 Å². The molecule has 0 spiro atoms. The monoisotopic (exact) mass is 172 g/mol. The first-order valence-corrected chi connectivity index (χ1v) is 4.73. The van der Waals surface area contributed by atoms with Gasteiger partial charge in [-0.2, -0.15) is 0 Å². The van der Waals surface area contributed by atoms with E-state index in [2.05, 4.69) is 42.5 Å². The molecule has 0 saturated heterocycles. The van der Waals surface area contributed by atoms with E-state index in [0.29, 0.717) is 5.92 Å². The van der Waals surface area contributed by atoms with E-state index in [-0.39, 0.29) is 0 Å². The van der Waals surface area contributed by atoms with Gasteiger partial charge < -0.3 is 0 Å². The van der Waals surface area contributed by atoms with Crippen LogP contribution in [0.3, 0.4) is 0 Å². The van der Waals surface area contributed by atoms with Crippen molar-refractivity contribution in [1.29, 1.82) is 0 Å². The second kappa shape index (κ2) is 6.24. The number of rotatable bonds is 3. The molecule has 1 atom stereocenters. The van der Waals surface area contributed by atoms with Crippen LogP contribution < -0.4 is 0 Å². The summed E-state index contributed by atoms with van der Waals surface area (Å²) in [4.78, 5) is 0. The lowest BCUT2D eigenvalue weighted by Gasteiger charge is -2.05. The second-order valence-electron chi connectivity index (χ2n) is 3.01. The van der Waals surface area contributed by atoms with Crippen LogP contribution in [0.25, 0.3) is 0 Å². The lowest BCUT2D eigenvalue weighted by molar-refractivity contribution is 0.822. The lowest BCUT2D eigenvalue weighted by Crippen LogP contribution is -1.91. The van der Waals surface area contributed by atoms with Gasteiger partial charge in [-0.05, 0) is 19.3 Å². The van der Waals surface area contributed by atoms with Crippen molar-refractivity contribution in [1.82, 2.24) is 0 Å². The van der Waals surface area contributed by atoms with Crippen molar-refractivity contribution in [3.63, 3.8) is 0 Å². The van der Waals surface area contributed by atoms with Gasteiger partial charge in [-0.25, -0.2) is 0 Å². The zero-order valence-electron chi connectivity index (χ0n) is 8.06. The molecule has 0 amide bonds. The Morgan fingerprint density at radius 3 is 2.62 bits per heavy atom. The summed E-state index contributed by atoms with van der Waals surface area (Å²) in [5, 5.41) is 0. The fourth-order valence-corrected chi connectivity index (χ4v) is 1.19. The van der Waals surface area contributed by atoms with E-state index in [1.165, 1.54) is 0 Å². The molecule has 0 heterocycles. The maximum absolute atomic E-state index is 2.22. The topological polar surface area (TPSA) is 0 Å². The highest BCUT2D eigenvalue weighted by Crippen LogP contribution is 2.12. The van der Waals surface area contributed by atoms with Crippen LogP contribution in [-0.2, 0) is 0 Å². The van der Waals surface area contributed by atoms with Crippen LogP contribution in [0.2, 0.25) is 0 Å². The lowest BCUT2D eigenvalue weighted by atomic mass is 10.0. The molecule has 0 aromatic carbocycles. The first-order valence-electron chi connectivity index (χ1n) is 4.73. The van der Waals surface area contributed by atoms with E-state index in [1.807, 2.05) is 25.2 Å². The Bertz CT molecular complexity index is 262. The van der Waals surface area contributed by atoms with E-state index < -0.39 is 0 Å². The molecule has 0 saturated carbocycles. The average molecular weight is 172 g/mol. The zero-order chi connectivity index (χ0) is 9.36. The quantitative estimate of drug-likeness (QED) is 0.568. The van der Waals surface area contributed by atoms with Crippen molar-refractivity contribution in [2.45, 2.75) is 13.3 Å². The van der Waals surface area contributed by atoms with E-state index in [4.69, 9.17) is 0 Å². The minimum Gasteiger partial charge on any atom is -0.0877 e. The van der Waals surface area contributed by atoms with E-state index in [9.17, 15) is 0 Å². The molecule has 0 heteroatoms. The maximum Gasteiger partial charge on any atom is -0.00126 e. The van der Waals surface area contributed by atoms with Gasteiger partial charge in [0.2, 0.25) is 0 Å². The van der Waals surface area contributed by atoms with Gasteiger partial charge in [0.15, 0.2) is 0 Å². The fourth-order valence-electron chi connectivity index (χ4n) is 1.19. The average Bonchev–Trinajstić information content (AvgIpc) is 2.19. The second-order valence-corrected chi connectivity index (χ2v) is 3.01. The molecular formula is C13H16. The highest BCUT2D eigenvalue weighted by atomic mass is 14.0. The predicted octanol–water partition coefficient (Wildman–Crippen LogP) is 3.81. The zero-order valence-corrected chi connectivity index (χ0v) is 8.06. The molecule has 1 unspecified atom stereocenters. The number of allylic oxidation sites excluding steroid dienone is 10. The van der Waals surface area contributed by atoms with Crippen LogP contribution in [0.5, 0.6) is 0 Å². The van der Waals surface area contributed by atoms with Crippen LogP contribution in [0.15, 0.2) is 60.8 Å². The summed E-state index contributed by atoms with van der Waals surface area (Å²) in [7, 11) is 0. The minimum absolute atomic E-state index is 0.584. The van der Waals surface area contributed by atoms with Crippen molar-refractivity contribution in [3.8, 4) is 0 Å². The molecular weight excluding hydrogens is 156 g/mol. The highest BCUT2D eigenvalue weighted by molar-refractivity contribution is 5.18. The van der Waals surface area contributed by atoms with Crippen LogP contribution in [0, 0.1) is 5.92 Å². The molecule has 0 fully saturated rings. The third-order valence-electron chi connectivity index (χ3n) is 1.90. The van der Waals surface area contributed by atoms with Gasteiger partial charge in [0.25, 0.3) is 0 Å². The summed E-state index contributed by atoms with van der Waals surface area (Å²) in [5.74, 6) is 0.584. The number of hydrogen-bond donors (Lipinski definition) is 0. The molecule has 13 heavy (non-hydrogen) atoms. The van der Waals surface area contributed by atoms with E-state index >= 15 is 0 Å². The van der Waals surface area contributed by atoms with Gasteiger partial charge in [-0.3, -0.25) is 0 Å². The number of hydrogen-bond acceptors (Lipinski definition) is 0. The van der Waals surface area contributed by atoms with Crippen LogP contribution in [-0.4, -0.2) is 0 Å². The van der Waals surface area contributed by atoms with Gasteiger partial charge in [0, 0.05) is 0 Å². The van der Waals surface area contributed by atoms with Crippen molar-refractivity contribution in [2.75, 3.05) is 0 Å². The SMILES string of the molecule is C\C=C/C=C\C=C/C1C=CC=CC1.